The monoisotopic (exact) mass is 1720 g/mol. The van der Waals surface area contributed by atoms with E-state index in [0.29, 0.717) is 140 Å². The second-order valence-electron chi connectivity index (χ2n) is 34.0. The predicted molar refractivity (Wildman–Crippen MR) is 473 cm³/mol. The number of nitrogens with zero attached hydrogens (tertiary/aromatic N) is 21. The Morgan fingerprint density at radius 3 is 1.44 bits per heavy atom. The number of hydrogen-bond donors (Lipinski definition) is 0. The third-order valence-corrected chi connectivity index (χ3v) is 26.4. The Bertz CT molecular complexity index is 5230. The molecule has 32 heteroatoms. The van der Waals surface area contributed by atoms with Gasteiger partial charge in [-0.1, -0.05) is 86.8 Å². The number of halogens is 5. The predicted octanol–water partition coefficient (Wildman–Crippen LogP) is 11.8. The number of alkyl halides is 3. The summed E-state index contributed by atoms with van der Waals surface area (Å²) in [5.41, 5.74) is 7.06. The lowest BCUT2D eigenvalue weighted by atomic mass is 10.0. The fraction of sp³-hybridized carbons (Fsp3) is 0.500. The summed E-state index contributed by atoms with van der Waals surface area (Å²) in [6, 6.07) is 25.1. The van der Waals surface area contributed by atoms with Crippen LogP contribution in [0.5, 0.6) is 18.0 Å². The average molecular weight is 1720 g/mol. The summed E-state index contributed by atoms with van der Waals surface area (Å²) < 4.78 is 74.8. The fourth-order valence-electron chi connectivity index (χ4n) is 19.0. The van der Waals surface area contributed by atoms with Gasteiger partial charge in [-0.05, 0) is 165 Å². The van der Waals surface area contributed by atoms with E-state index in [4.69, 9.17) is 70.4 Å². The van der Waals surface area contributed by atoms with Crippen molar-refractivity contribution in [1.29, 1.82) is 0 Å². The van der Waals surface area contributed by atoms with Gasteiger partial charge in [-0.15, -0.1) is 0 Å². The summed E-state index contributed by atoms with van der Waals surface area (Å²) >= 11 is 6.45. The number of benzene rings is 4. The molecule has 9 aliphatic heterocycles. The van der Waals surface area contributed by atoms with Crippen molar-refractivity contribution in [1.82, 2.24) is 59.3 Å². The van der Waals surface area contributed by atoms with Crippen LogP contribution in [0.15, 0.2) is 117 Å². The molecule has 0 N–H and O–H groups in total. The maximum absolute atomic E-state index is 14.4. The van der Waals surface area contributed by atoms with Gasteiger partial charge in [0.05, 0.1) is 47.9 Å². The van der Waals surface area contributed by atoms with Crippen molar-refractivity contribution in [3.63, 3.8) is 0 Å². The third kappa shape index (κ3) is 19.7. The van der Waals surface area contributed by atoms with Crippen molar-refractivity contribution in [3.05, 3.63) is 207 Å². The lowest BCUT2D eigenvalue weighted by Crippen LogP contribution is -2.56. The number of likely N-dealkylation sites (tertiary alicyclic amines) is 3. The summed E-state index contributed by atoms with van der Waals surface area (Å²) in [4.78, 5) is 102. The van der Waals surface area contributed by atoms with Gasteiger partial charge < -0.3 is 77.7 Å². The van der Waals surface area contributed by atoms with E-state index in [1.54, 1.807) is 14.7 Å². The molecule has 16 rings (SSSR count). The molecule has 124 heavy (non-hydrogen) atoms. The Kier molecular flexibility index (Phi) is 28.1. The Labute approximate surface area is 728 Å². The van der Waals surface area contributed by atoms with Gasteiger partial charge in [0.25, 0.3) is 0 Å². The number of fused-ring (bicyclic) bond motifs is 4. The second kappa shape index (κ2) is 39.2. The molecular weight excluding hydrogens is 1610 g/mol. The van der Waals surface area contributed by atoms with E-state index < -0.39 is 17.6 Å². The zero-order valence-electron chi connectivity index (χ0n) is 71.7. The number of carbonyl (C=O) groups excluding carboxylic acids is 3. The van der Waals surface area contributed by atoms with Crippen LogP contribution in [-0.2, 0) is 59.5 Å². The minimum Gasteiger partial charge on any atom is -0.462 e. The summed E-state index contributed by atoms with van der Waals surface area (Å²) in [6.45, 7) is 52.4. The van der Waals surface area contributed by atoms with Crippen LogP contribution in [0.4, 0.5) is 52.1 Å². The highest BCUT2D eigenvalue weighted by Gasteiger charge is 2.44. The van der Waals surface area contributed by atoms with E-state index in [9.17, 15) is 31.9 Å². The molecule has 0 radical (unpaired) electrons. The molecule has 3 aromatic heterocycles. The zero-order chi connectivity index (χ0) is 87.7. The van der Waals surface area contributed by atoms with E-state index in [-0.39, 0.29) is 85.8 Å². The van der Waals surface area contributed by atoms with E-state index in [1.165, 1.54) is 58.1 Å². The van der Waals surface area contributed by atoms with E-state index in [1.807, 2.05) is 31.0 Å². The van der Waals surface area contributed by atoms with Crippen LogP contribution in [0.2, 0.25) is 5.02 Å². The number of carbonyl (C=O) groups is 3. The van der Waals surface area contributed by atoms with Crippen LogP contribution in [-0.4, -0.2) is 272 Å². The van der Waals surface area contributed by atoms with Crippen LogP contribution in [0, 0.1) is 38.4 Å². The van der Waals surface area contributed by atoms with Crippen molar-refractivity contribution in [2.45, 2.75) is 134 Å². The molecule has 2 unspecified atom stereocenters. The zero-order valence-corrected chi connectivity index (χ0v) is 72.4. The Balaban J connectivity index is 0.000000152. The molecule has 0 aliphatic carbocycles. The van der Waals surface area contributed by atoms with Crippen LogP contribution >= 0.6 is 11.6 Å². The van der Waals surface area contributed by atoms with Crippen molar-refractivity contribution >= 4 is 74.6 Å². The Morgan fingerprint density at radius 1 is 0.532 bits per heavy atom. The number of hydrogen-bond acceptors (Lipinski definition) is 21. The highest BCUT2D eigenvalue weighted by molar-refractivity contribution is 6.31. The maximum Gasteiger partial charge on any atom is 0.421 e. The molecule has 654 valence electrons. The van der Waals surface area contributed by atoms with Gasteiger partial charge in [0.15, 0.2) is 0 Å². The number of anilines is 6. The summed E-state index contributed by atoms with van der Waals surface area (Å²) in [6.07, 6.45) is 6.29. The normalized spacial score (nSPS) is 22.3. The molecule has 3 amide bonds. The number of likely N-dealkylation sites (N-methyl/N-ethyl adjacent to an activating group) is 3. The van der Waals surface area contributed by atoms with Crippen molar-refractivity contribution in [2.75, 3.05) is 188 Å². The number of piperazine rings is 3. The lowest BCUT2D eigenvalue weighted by Gasteiger charge is -2.41. The topological polar surface area (TPSA) is 208 Å². The highest BCUT2D eigenvalue weighted by atomic mass is 35.5. The third-order valence-electron chi connectivity index (χ3n) is 26.0. The first-order valence-corrected chi connectivity index (χ1v) is 43.2. The number of rotatable bonds is 21. The van der Waals surface area contributed by atoms with Crippen molar-refractivity contribution < 1.29 is 46.2 Å². The van der Waals surface area contributed by atoms with Gasteiger partial charge in [0.2, 0.25) is 37.4 Å². The molecule has 6 fully saturated rings. The van der Waals surface area contributed by atoms with E-state index >= 15 is 0 Å². The average Bonchev–Trinajstić information content (AvgIpc) is 1.33. The van der Waals surface area contributed by atoms with E-state index in [2.05, 4.69) is 150 Å². The highest BCUT2D eigenvalue weighted by Crippen LogP contribution is 2.43. The first-order valence-electron chi connectivity index (χ1n) is 42.9. The number of ether oxygens (including phenoxy) is 3. The first kappa shape index (κ1) is 88.9. The molecule has 0 saturated carbocycles. The second-order valence-corrected chi connectivity index (χ2v) is 34.4. The molecule has 12 heterocycles. The van der Waals surface area contributed by atoms with Gasteiger partial charge in [-0.25, -0.2) is 24.1 Å². The molecule has 6 saturated heterocycles. The minimum absolute atomic E-state index is 0.00527. The standard InChI is InChI=1S/C33H39N7O2.C30H35F4N7O2.C29H36ClN7O2/c1-5-31(41)40-16-15-39(20-26(40)18-34-3)32-28-13-14-38(30-12-8-10-24-9-6-7-11-27(24)30)21-29(28)35-33(36-32)42-22-25-17-23(2)19-37(25)4;1-5-25(42)41-15-14-40(17-20(41)16-35-3)27-21-10-13-39(24-9-6-8-22(31)26(24)30(32,33)34)18-23(21)36-28(37-27)43-19-29(2)11-7-12-38(29)4;1-5-27(38)37-15-14-36(17-22(37)16-31-3)28-23-11-13-35(26-10-6-9-24(30)20(26)2)18-25(23)32-29(33-28)39-19-21-8-7-12-34(21)4/h5-12,23,25-26H,1,13-22H2,2,4H3;5-6,8-9,20H,1,7,10-19H2,2,4H3;5-6,9-10,21-22H,1,7-8,11-19H2,2,4H3/t23-,25-,26?;20?,29-;21-,22-/m010/s1. The van der Waals surface area contributed by atoms with Crippen LogP contribution < -0.4 is 43.6 Å². The van der Waals surface area contributed by atoms with Crippen molar-refractivity contribution in [2.24, 2.45) is 5.92 Å². The van der Waals surface area contributed by atoms with Crippen molar-refractivity contribution in [3.8, 4) is 18.0 Å². The molecule has 4 aromatic carbocycles. The van der Waals surface area contributed by atoms with Gasteiger partial charge >= 0.3 is 24.2 Å². The summed E-state index contributed by atoms with van der Waals surface area (Å²) in [7, 11) is 6.32. The SMILES string of the molecule is [C-]#[N+]CC1CN(c2nc(OC[C@@H]3C[C@H](C)CN3C)nc3c2CCN(c2cccc4ccccc24)C3)CCN1C(=O)C=C.[C-]#[N+]CC1CN(c2nc(OC[C@@]3(C)CCCN3C)nc3c2CCN(c2cccc(F)c2C(F)(F)F)C3)CCN1C(=O)C=C.[C-]#[N+]C[C@H]1CN(c2nc(OC[C@@H]3CCCN3C)nc3c2CCN(c2cccc(Cl)c2C)C3)CCN1C(=O)C=C. The van der Waals surface area contributed by atoms with Gasteiger partial charge in [0, 0.05) is 136 Å². The van der Waals surface area contributed by atoms with Crippen LogP contribution in [0.1, 0.15) is 90.9 Å². The van der Waals surface area contributed by atoms with Gasteiger partial charge in [-0.2, -0.15) is 43.1 Å². The Hall–Kier alpha value is -11.4. The fourth-order valence-corrected chi connectivity index (χ4v) is 19.2. The number of amides is 3. The maximum atomic E-state index is 14.4. The van der Waals surface area contributed by atoms with E-state index in [0.717, 1.165) is 133 Å². The van der Waals surface area contributed by atoms with Gasteiger partial charge in [-0.3, -0.25) is 24.2 Å². The lowest BCUT2D eigenvalue weighted by molar-refractivity contribution is -0.139. The Morgan fingerprint density at radius 2 is 0.984 bits per heavy atom. The molecule has 0 bridgehead atoms. The first-order chi connectivity index (χ1) is 59.8. The van der Waals surface area contributed by atoms with Gasteiger partial charge in [0.1, 0.15) is 66.8 Å². The summed E-state index contributed by atoms with van der Waals surface area (Å²) in [5.74, 6) is 1.13. The summed E-state index contributed by atoms with van der Waals surface area (Å²) in [5, 5.41) is 3.21. The quantitative estimate of drug-likeness (QED) is 0.0372. The molecule has 27 nitrogen and oxygen atoms in total. The smallest absolute Gasteiger partial charge is 0.421 e. The largest absolute Gasteiger partial charge is 0.462 e. The van der Waals surface area contributed by atoms with Crippen LogP contribution in [0.25, 0.3) is 25.3 Å². The van der Waals surface area contributed by atoms with Crippen LogP contribution in [0.3, 0.4) is 0 Å². The molecule has 7 aromatic rings. The molecule has 0 spiro atoms. The molecule has 7 atom stereocenters. The number of aromatic nitrogens is 6. The molecule has 9 aliphatic rings. The minimum atomic E-state index is -4.87. The molecular formula is C92H110ClF4N21O6.